The van der Waals surface area contributed by atoms with E-state index in [0.29, 0.717) is 5.56 Å². The number of ether oxygens (including phenoxy) is 2. The van der Waals surface area contributed by atoms with Crippen LogP contribution in [0.3, 0.4) is 0 Å². The molecular formula is C20H20F3NO4. The SMILES string of the molecule is COc1cc(C(F)(F)F)ccc1COC1CC(C(=O)O)NC1c1ccccc1. The van der Waals surface area contributed by atoms with Gasteiger partial charge >= 0.3 is 12.1 Å². The topological polar surface area (TPSA) is 67.8 Å². The van der Waals surface area contributed by atoms with Crippen molar-refractivity contribution in [2.75, 3.05) is 7.11 Å². The highest BCUT2D eigenvalue weighted by Gasteiger charge is 2.39. The van der Waals surface area contributed by atoms with Crippen molar-refractivity contribution in [1.82, 2.24) is 5.32 Å². The van der Waals surface area contributed by atoms with E-state index in [1.807, 2.05) is 30.3 Å². The number of halogens is 3. The molecule has 28 heavy (non-hydrogen) atoms. The molecule has 1 heterocycles. The van der Waals surface area contributed by atoms with E-state index >= 15 is 0 Å². The summed E-state index contributed by atoms with van der Waals surface area (Å²) in [5.41, 5.74) is 0.542. The minimum Gasteiger partial charge on any atom is -0.496 e. The molecule has 2 aromatic rings. The van der Waals surface area contributed by atoms with Crippen molar-refractivity contribution in [3.63, 3.8) is 0 Å². The Bertz CT molecular complexity index is 826. The van der Waals surface area contributed by atoms with Crippen LogP contribution in [0.1, 0.15) is 29.2 Å². The van der Waals surface area contributed by atoms with Gasteiger partial charge in [0.2, 0.25) is 0 Å². The van der Waals surface area contributed by atoms with Crippen LogP contribution in [-0.2, 0) is 22.3 Å². The Kier molecular flexibility index (Phi) is 5.90. The molecule has 0 aliphatic carbocycles. The molecule has 3 rings (SSSR count). The van der Waals surface area contributed by atoms with Crippen LogP contribution in [-0.4, -0.2) is 30.3 Å². The van der Waals surface area contributed by atoms with Gasteiger partial charge in [0.05, 0.1) is 31.4 Å². The molecule has 1 saturated heterocycles. The first kappa shape index (κ1) is 20.2. The number of aliphatic carboxylic acids is 1. The lowest BCUT2D eigenvalue weighted by Crippen LogP contribution is -2.32. The largest absolute Gasteiger partial charge is 0.496 e. The van der Waals surface area contributed by atoms with Crippen molar-refractivity contribution in [3.05, 3.63) is 65.2 Å². The van der Waals surface area contributed by atoms with Gasteiger partial charge in [0.1, 0.15) is 11.8 Å². The summed E-state index contributed by atoms with van der Waals surface area (Å²) >= 11 is 0. The average Bonchev–Trinajstić information content (AvgIpc) is 3.10. The molecule has 2 N–H and O–H groups in total. The molecule has 1 fully saturated rings. The summed E-state index contributed by atoms with van der Waals surface area (Å²) in [7, 11) is 1.29. The second-order valence-corrected chi connectivity index (χ2v) is 6.56. The molecule has 1 aliphatic rings. The van der Waals surface area contributed by atoms with E-state index in [9.17, 15) is 23.1 Å². The third-order valence-electron chi connectivity index (χ3n) is 4.74. The third-order valence-corrected chi connectivity index (χ3v) is 4.74. The van der Waals surface area contributed by atoms with Crippen LogP contribution in [0.2, 0.25) is 0 Å². The molecule has 0 aromatic heterocycles. The zero-order valence-electron chi connectivity index (χ0n) is 15.1. The van der Waals surface area contributed by atoms with Gasteiger partial charge in [0.25, 0.3) is 0 Å². The molecule has 3 unspecified atom stereocenters. The fraction of sp³-hybridized carbons (Fsp3) is 0.350. The van der Waals surface area contributed by atoms with E-state index in [1.54, 1.807) is 0 Å². The Hall–Kier alpha value is -2.58. The van der Waals surface area contributed by atoms with Crippen LogP contribution in [0.4, 0.5) is 13.2 Å². The number of alkyl halides is 3. The summed E-state index contributed by atoms with van der Waals surface area (Å²) in [6, 6.07) is 11.4. The number of carbonyl (C=O) groups is 1. The molecule has 0 amide bonds. The van der Waals surface area contributed by atoms with Crippen molar-refractivity contribution < 1.29 is 32.5 Å². The summed E-state index contributed by atoms with van der Waals surface area (Å²) in [4.78, 5) is 11.4. The average molecular weight is 395 g/mol. The predicted molar refractivity (Wildman–Crippen MR) is 94.9 cm³/mol. The summed E-state index contributed by atoms with van der Waals surface area (Å²) in [5, 5.41) is 12.4. The number of carboxylic acid groups (broad SMARTS) is 1. The van der Waals surface area contributed by atoms with E-state index in [0.717, 1.165) is 17.7 Å². The number of nitrogens with one attached hydrogen (secondary N) is 1. The molecule has 0 saturated carbocycles. The van der Waals surface area contributed by atoms with Gasteiger partial charge in [-0.3, -0.25) is 10.1 Å². The van der Waals surface area contributed by atoms with Crippen LogP contribution in [0.15, 0.2) is 48.5 Å². The lowest BCUT2D eigenvalue weighted by Gasteiger charge is -2.21. The van der Waals surface area contributed by atoms with Gasteiger partial charge in [-0.1, -0.05) is 36.4 Å². The van der Waals surface area contributed by atoms with Gasteiger partial charge in [-0.15, -0.1) is 0 Å². The molecule has 8 heteroatoms. The number of benzene rings is 2. The Morgan fingerprint density at radius 2 is 1.93 bits per heavy atom. The second-order valence-electron chi connectivity index (χ2n) is 6.56. The van der Waals surface area contributed by atoms with E-state index in [2.05, 4.69) is 5.32 Å². The summed E-state index contributed by atoms with van der Waals surface area (Å²) in [5.74, 6) is -0.897. The Labute approximate surface area is 160 Å². The number of hydrogen-bond acceptors (Lipinski definition) is 4. The highest BCUT2D eigenvalue weighted by atomic mass is 19.4. The van der Waals surface area contributed by atoms with Crippen LogP contribution in [0, 0.1) is 0 Å². The highest BCUT2D eigenvalue weighted by molar-refractivity contribution is 5.74. The predicted octanol–water partition coefficient (Wildman–Crippen LogP) is 3.79. The first-order valence-electron chi connectivity index (χ1n) is 8.69. The van der Waals surface area contributed by atoms with Crippen molar-refractivity contribution in [2.45, 2.75) is 37.4 Å². The van der Waals surface area contributed by atoms with Gasteiger partial charge in [-0.25, -0.2) is 0 Å². The van der Waals surface area contributed by atoms with Crippen molar-refractivity contribution >= 4 is 5.97 Å². The van der Waals surface area contributed by atoms with Crippen molar-refractivity contribution in [1.29, 1.82) is 0 Å². The molecule has 1 aliphatic heterocycles. The molecule has 0 bridgehead atoms. The van der Waals surface area contributed by atoms with Crippen molar-refractivity contribution in [2.24, 2.45) is 0 Å². The molecule has 2 aromatic carbocycles. The maximum absolute atomic E-state index is 12.9. The van der Waals surface area contributed by atoms with Gasteiger partial charge in [0, 0.05) is 12.0 Å². The minimum atomic E-state index is -4.46. The number of rotatable bonds is 6. The maximum atomic E-state index is 12.9. The molecule has 5 nitrogen and oxygen atoms in total. The van der Waals surface area contributed by atoms with Crippen molar-refractivity contribution in [3.8, 4) is 5.75 Å². The molecule has 3 atom stereocenters. The van der Waals surface area contributed by atoms with Gasteiger partial charge in [0.15, 0.2) is 0 Å². The number of methoxy groups -OCH3 is 1. The lowest BCUT2D eigenvalue weighted by molar-refractivity contribution is -0.139. The molecule has 0 spiro atoms. The first-order valence-corrected chi connectivity index (χ1v) is 8.69. The monoisotopic (exact) mass is 395 g/mol. The van der Waals surface area contributed by atoms with Crippen LogP contribution in [0.5, 0.6) is 5.75 Å². The fourth-order valence-corrected chi connectivity index (χ4v) is 3.31. The highest BCUT2D eigenvalue weighted by Crippen LogP contribution is 2.35. The van der Waals surface area contributed by atoms with Gasteiger partial charge in [-0.2, -0.15) is 13.2 Å². The normalized spacial score (nSPS) is 22.2. The van der Waals surface area contributed by atoms with Crippen LogP contribution >= 0.6 is 0 Å². The zero-order chi connectivity index (χ0) is 20.3. The smallest absolute Gasteiger partial charge is 0.416 e. The number of hydrogen-bond donors (Lipinski definition) is 2. The van der Waals surface area contributed by atoms with Crippen LogP contribution in [0.25, 0.3) is 0 Å². The quantitative estimate of drug-likeness (QED) is 0.779. The summed E-state index contributed by atoms with van der Waals surface area (Å²) in [6.07, 6.45) is -4.66. The van der Waals surface area contributed by atoms with Gasteiger partial charge in [-0.05, 0) is 17.7 Å². The van der Waals surface area contributed by atoms with Crippen LogP contribution < -0.4 is 10.1 Å². The molecular weight excluding hydrogens is 375 g/mol. The third kappa shape index (κ3) is 4.45. The summed E-state index contributed by atoms with van der Waals surface area (Å²) in [6.45, 7) is 0.00330. The Balaban J connectivity index is 1.77. The Morgan fingerprint density at radius 1 is 1.21 bits per heavy atom. The summed E-state index contributed by atoms with van der Waals surface area (Å²) < 4.78 is 49.6. The van der Waals surface area contributed by atoms with E-state index in [1.165, 1.54) is 13.2 Å². The second kappa shape index (κ2) is 8.20. The first-order chi connectivity index (χ1) is 13.3. The Morgan fingerprint density at radius 3 is 2.54 bits per heavy atom. The fourth-order valence-electron chi connectivity index (χ4n) is 3.31. The van der Waals surface area contributed by atoms with E-state index < -0.39 is 29.9 Å². The molecule has 150 valence electrons. The maximum Gasteiger partial charge on any atom is 0.416 e. The minimum absolute atomic E-state index is 0.00330. The lowest BCUT2D eigenvalue weighted by atomic mass is 10.0. The van der Waals surface area contributed by atoms with E-state index in [4.69, 9.17) is 9.47 Å². The zero-order valence-corrected chi connectivity index (χ0v) is 15.1. The standard InChI is InChI=1S/C20H20F3NO4/c1-27-16-9-14(20(21,22)23)8-7-13(16)11-28-17-10-15(19(25)26)24-18(17)12-5-3-2-4-6-12/h2-9,15,17-18,24H,10-11H2,1H3,(H,25,26). The van der Waals surface area contributed by atoms with Gasteiger partial charge < -0.3 is 14.6 Å². The van der Waals surface area contributed by atoms with E-state index in [-0.39, 0.29) is 24.8 Å². The number of carboxylic acids is 1. The molecule has 0 radical (unpaired) electrons.